The van der Waals surface area contributed by atoms with Crippen molar-refractivity contribution < 1.29 is 4.79 Å². The highest BCUT2D eigenvalue weighted by Crippen LogP contribution is 2.30. The van der Waals surface area contributed by atoms with Gasteiger partial charge in [0.25, 0.3) is 11.9 Å². The van der Waals surface area contributed by atoms with E-state index >= 15 is 0 Å². The second-order valence-corrected chi connectivity index (χ2v) is 9.89. The first kappa shape index (κ1) is 21.3. The van der Waals surface area contributed by atoms with Gasteiger partial charge in [0, 0.05) is 39.6 Å². The normalized spacial score (nSPS) is 12.2. The average Bonchev–Trinajstić information content (AvgIpc) is 3.44. The molecule has 0 aliphatic rings. The SMILES string of the molecule is Cc1csc(C(C)N(C)C(=O)c2cnn(-c3nccc(-c4cc(C)sc4C)n3)c2C)n1. The Morgan fingerprint density at radius 3 is 2.61 bits per heavy atom. The van der Waals surface area contributed by atoms with Crippen molar-refractivity contribution in [2.75, 3.05) is 7.05 Å². The van der Waals surface area contributed by atoms with Gasteiger partial charge >= 0.3 is 0 Å². The molecule has 1 unspecified atom stereocenters. The maximum absolute atomic E-state index is 13.2. The third-order valence-electron chi connectivity index (χ3n) is 5.28. The summed E-state index contributed by atoms with van der Waals surface area (Å²) in [5, 5.41) is 7.33. The maximum atomic E-state index is 13.2. The van der Waals surface area contributed by atoms with E-state index in [4.69, 9.17) is 4.98 Å². The number of aromatic nitrogens is 5. The second kappa shape index (κ2) is 8.32. The zero-order valence-electron chi connectivity index (χ0n) is 18.4. The van der Waals surface area contributed by atoms with Gasteiger partial charge < -0.3 is 4.90 Å². The molecule has 4 heterocycles. The van der Waals surface area contributed by atoms with Crippen LogP contribution in [0.4, 0.5) is 0 Å². The molecule has 0 fully saturated rings. The maximum Gasteiger partial charge on any atom is 0.257 e. The Balaban J connectivity index is 1.63. The summed E-state index contributed by atoms with van der Waals surface area (Å²) in [5.41, 5.74) is 4.14. The summed E-state index contributed by atoms with van der Waals surface area (Å²) in [5.74, 6) is 0.341. The topological polar surface area (TPSA) is 76.8 Å². The Labute approximate surface area is 189 Å². The highest BCUT2D eigenvalue weighted by atomic mass is 32.1. The van der Waals surface area contributed by atoms with E-state index in [1.54, 1.807) is 51.7 Å². The van der Waals surface area contributed by atoms with Gasteiger partial charge in [-0.3, -0.25) is 4.79 Å². The number of rotatable bonds is 5. The van der Waals surface area contributed by atoms with Crippen LogP contribution < -0.4 is 0 Å². The third kappa shape index (κ3) is 4.03. The number of nitrogens with zero attached hydrogens (tertiary/aromatic N) is 6. The fourth-order valence-corrected chi connectivity index (χ4v) is 5.23. The van der Waals surface area contributed by atoms with Crippen LogP contribution in [-0.4, -0.2) is 42.6 Å². The predicted octanol–water partition coefficient (Wildman–Crippen LogP) is 4.91. The molecule has 31 heavy (non-hydrogen) atoms. The van der Waals surface area contributed by atoms with Crippen molar-refractivity contribution in [3.63, 3.8) is 0 Å². The molecule has 0 aromatic carbocycles. The molecule has 160 valence electrons. The molecule has 0 aliphatic carbocycles. The standard InChI is InChI=1S/C22H24N6OS2/c1-12-11-30-20(25-12)15(4)27(6)21(29)18-10-24-28(14(18)3)22-23-8-7-19(26-22)17-9-13(2)31-16(17)5/h7-11,15H,1-6H3. The number of thiazole rings is 1. The number of hydrogen-bond acceptors (Lipinski definition) is 7. The van der Waals surface area contributed by atoms with Crippen molar-refractivity contribution in [2.45, 2.75) is 40.7 Å². The van der Waals surface area contributed by atoms with E-state index in [-0.39, 0.29) is 11.9 Å². The van der Waals surface area contributed by atoms with Crippen LogP contribution in [0.5, 0.6) is 0 Å². The van der Waals surface area contributed by atoms with Crippen LogP contribution in [0.15, 0.2) is 29.9 Å². The molecule has 0 spiro atoms. The van der Waals surface area contributed by atoms with Crippen molar-refractivity contribution in [2.24, 2.45) is 0 Å². The first-order valence-electron chi connectivity index (χ1n) is 9.91. The molecule has 7 nitrogen and oxygen atoms in total. The minimum Gasteiger partial charge on any atom is -0.332 e. The van der Waals surface area contributed by atoms with Gasteiger partial charge in [-0.25, -0.2) is 19.6 Å². The van der Waals surface area contributed by atoms with Crippen molar-refractivity contribution in [1.29, 1.82) is 0 Å². The molecule has 4 aromatic heterocycles. The Morgan fingerprint density at radius 1 is 1.19 bits per heavy atom. The molecule has 0 bridgehead atoms. The van der Waals surface area contributed by atoms with Crippen LogP contribution in [0.25, 0.3) is 17.2 Å². The molecule has 1 atom stereocenters. The summed E-state index contributed by atoms with van der Waals surface area (Å²) in [7, 11) is 1.79. The van der Waals surface area contributed by atoms with E-state index in [0.29, 0.717) is 17.2 Å². The first-order chi connectivity index (χ1) is 14.8. The average molecular weight is 453 g/mol. The molecular formula is C22H24N6OS2. The van der Waals surface area contributed by atoms with E-state index in [2.05, 4.69) is 35.0 Å². The van der Waals surface area contributed by atoms with E-state index in [1.807, 2.05) is 32.2 Å². The minimum absolute atomic E-state index is 0.107. The highest BCUT2D eigenvalue weighted by molar-refractivity contribution is 7.12. The summed E-state index contributed by atoms with van der Waals surface area (Å²) in [6, 6.07) is 3.90. The number of aryl methyl sites for hydroxylation is 3. The number of carbonyl (C=O) groups is 1. The van der Waals surface area contributed by atoms with Crippen LogP contribution >= 0.6 is 22.7 Å². The van der Waals surface area contributed by atoms with Gasteiger partial charge in [-0.2, -0.15) is 5.10 Å². The van der Waals surface area contributed by atoms with Crippen LogP contribution in [0.2, 0.25) is 0 Å². The molecule has 1 amide bonds. The van der Waals surface area contributed by atoms with Crippen molar-refractivity contribution in [3.05, 3.63) is 61.6 Å². The summed E-state index contributed by atoms with van der Waals surface area (Å²) in [6.45, 7) is 9.97. The number of thiophene rings is 1. The number of amides is 1. The van der Waals surface area contributed by atoms with Gasteiger partial charge in [-0.15, -0.1) is 22.7 Å². The molecule has 0 aliphatic heterocycles. The molecule has 0 saturated carbocycles. The lowest BCUT2D eigenvalue weighted by atomic mass is 10.2. The van der Waals surface area contributed by atoms with Gasteiger partial charge in [0.1, 0.15) is 5.01 Å². The summed E-state index contributed by atoms with van der Waals surface area (Å²) in [6.07, 6.45) is 3.32. The summed E-state index contributed by atoms with van der Waals surface area (Å²) >= 11 is 3.31. The lowest BCUT2D eigenvalue weighted by Gasteiger charge is -2.23. The largest absolute Gasteiger partial charge is 0.332 e. The summed E-state index contributed by atoms with van der Waals surface area (Å²) in [4.78, 5) is 30.9. The third-order valence-corrected chi connectivity index (χ3v) is 7.38. The number of hydrogen-bond donors (Lipinski definition) is 0. The first-order valence-corrected chi connectivity index (χ1v) is 11.6. The lowest BCUT2D eigenvalue weighted by molar-refractivity contribution is 0.0741. The monoisotopic (exact) mass is 452 g/mol. The van der Waals surface area contributed by atoms with Crippen LogP contribution in [-0.2, 0) is 0 Å². The van der Waals surface area contributed by atoms with Crippen molar-refractivity contribution in [3.8, 4) is 17.2 Å². The Bertz CT molecular complexity index is 1250. The van der Waals surface area contributed by atoms with Crippen molar-refractivity contribution >= 4 is 28.6 Å². The molecule has 0 radical (unpaired) electrons. The van der Waals surface area contributed by atoms with Gasteiger partial charge in [-0.05, 0) is 46.8 Å². The molecule has 9 heteroatoms. The highest BCUT2D eigenvalue weighted by Gasteiger charge is 2.25. The summed E-state index contributed by atoms with van der Waals surface area (Å²) < 4.78 is 1.62. The second-order valence-electron chi connectivity index (χ2n) is 7.54. The Kier molecular flexibility index (Phi) is 5.72. The lowest BCUT2D eigenvalue weighted by Crippen LogP contribution is -2.30. The van der Waals surface area contributed by atoms with E-state index in [0.717, 1.165) is 22.0 Å². The Morgan fingerprint density at radius 2 is 1.97 bits per heavy atom. The minimum atomic E-state index is -0.127. The van der Waals surface area contributed by atoms with E-state index < -0.39 is 0 Å². The van der Waals surface area contributed by atoms with Crippen molar-refractivity contribution in [1.82, 2.24) is 29.6 Å². The van der Waals surface area contributed by atoms with Crippen LogP contribution in [0.1, 0.15) is 49.5 Å². The Hall–Kier alpha value is -2.91. The smallest absolute Gasteiger partial charge is 0.257 e. The van der Waals surface area contributed by atoms with E-state index in [1.165, 1.54) is 9.75 Å². The van der Waals surface area contributed by atoms with E-state index in [9.17, 15) is 4.79 Å². The van der Waals surface area contributed by atoms with Gasteiger partial charge in [0.15, 0.2) is 0 Å². The van der Waals surface area contributed by atoms with Crippen LogP contribution in [0.3, 0.4) is 0 Å². The quantitative estimate of drug-likeness (QED) is 0.430. The molecule has 0 N–H and O–H groups in total. The fraction of sp³-hybridized carbons (Fsp3) is 0.318. The zero-order valence-corrected chi connectivity index (χ0v) is 20.0. The zero-order chi connectivity index (χ0) is 22.3. The molecule has 4 rings (SSSR count). The predicted molar refractivity (Wildman–Crippen MR) is 124 cm³/mol. The van der Waals surface area contributed by atoms with Crippen LogP contribution in [0, 0.1) is 27.7 Å². The molecule has 0 saturated heterocycles. The van der Waals surface area contributed by atoms with Gasteiger partial charge in [-0.1, -0.05) is 0 Å². The van der Waals surface area contributed by atoms with Gasteiger partial charge in [0.2, 0.25) is 0 Å². The fourth-order valence-electron chi connectivity index (χ4n) is 3.40. The number of carbonyl (C=O) groups excluding carboxylic acids is 1. The molecule has 4 aromatic rings. The molecular weight excluding hydrogens is 428 g/mol. The van der Waals surface area contributed by atoms with Gasteiger partial charge in [0.05, 0.1) is 29.2 Å².